The van der Waals surface area contributed by atoms with E-state index in [0.717, 1.165) is 5.76 Å². The number of aliphatic hydroxyl groups is 1. The molecule has 0 spiro atoms. The van der Waals surface area contributed by atoms with Crippen molar-refractivity contribution < 1.29 is 9.84 Å². The highest BCUT2D eigenvalue weighted by Crippen LogP contribution is 2.25. The van der Waals surface area contributed by atoms with Crippen LogP contribution < -0.4 is 0 Å². The van der Waals surface area contributed by atoms with Crippen molar-refractivity contribution in [2.45, 2.75) is 59.2 Å². The number of ether oxygens (including phenoxy) is 1. The largest absolute Gasteiger partial charge is 0.488 e. The van der Waals surface area contributed by atoms with Crippen LogP contribution in [0.2, 0.25) is 0 Å². The second-order valence-electron chi connectivity index (χ2n) is 5.04. The van der Waals surface area contributed by atoms with Crippen LogP contribution in [0.3, 0.4) is 0 Å². The molecule has 1 N–H and O–H groups in total. The Hall–Kier alpha value is -0.760. The van der Waals surface area contributed by atoms with E-state index in [1.807, 2.05) is 45.9 Å². The molecule has 0 saturated carbocycles. The maximum Gasteiger partial charge on any atom is 0.115 e. The fourth-order valence-electron chi connectivity index (χ4n) is 1.75. The van der Waals surface area contributed by atoms with Gasteiger partial charge in [-0.05, 0) is 53.7 Å². The molecule has 2 heteroatoms. The van der Waals surface area contributed by atoms with Crippen molar-refractivity contribution in [3.63, 3.8) is 0 Å². The Bertz CT molecular complexity index is 242. The molecular weight excluding hydrogens is 188 g/mol. The molecule has 15 heavy (non-hydrogen) atoms. The van der Waals surface area contributed by atoms with Gasteiger partial charge in [-0.15, -0.1) is 0 Å². The zero-order chi connectivity index (χ0) is 12.1. The summed E-state index contributed by atoms with van der Waals surface area (Å²) < 4.78 is 5.82. The fraction of sp³-hybridized carbons (Fsp3) is 0.692. The monoisotopic (exact) mass is 212 g/mol. The van der Waals surface area contributed by atoms with Gasteiger partial charge < -0.3 is 9.84 Å². The van der Waals surface area contributed by atoms with Crippen molar-refractivity contribution in [1.82, 2.24) is 0 Å². The first kappa shape index (κ1) is 14.2. The normalized spacial score (nSPS) is 14.7. The van der Waals surface area contributed by atoms with Crippen molar-refractivity contribution >= 4 is 0 Å². The fourth-order valence-corrected chi connectivity index (χ4v) is 1.75. The van der Waals surface area contributed by atoms with Gasteiger partial charge in [0.2, 0.25) is 0 Å². The lowest BCUT2D eigenvalue weighted by atomic mass is 9.92. The topological polar surface area (TPSA) is 29.5 Å². The molecule has 88 valence electrons. The average molecular weight is 212 g/mol. The highest BCUT2D eigenvalue weighted by atomic mass is 16.5. The summed E-state index contributed by atoms with van der Waals surface area (Å²) in [6.45, 7) is 11.5. The van der Waals surface area contributed by atoms with Crippen LogP contribution in [0.15, 0.2) is 24.0 Å². The Labute approximate surface area is 93.6 Å². The number of allylic oxidation sites excluding steroid dienone is 3. The highest BCUT2D eigenvalue weighted by Gasteiger charge is 2.28. The molecule has 0 amide bonds. The van der Waals surface area contributed by atoms with Crippen molar-refractivity contribution in [1.29, 1.82) is 0 Å². The van der Waals surface area contributed by atoms with E-state index in [9.17, 15) is 5.11 Å². The van der Waals surface area contributed by atoms with E-state index in [1.54, 1.807) is 13.8 Å². The SMILES string of the molecule is C/C=C\C(=C/C)OC(C)(C)CC(C)(C)O. The Kier molecular flexibility index (Phi) is 5.09. The lowest BCUT2D eigenvalue weighted by molar-refractivity contribution is -0.0401. The van der Waals surface area contributed by atoms with Gasteiger partial charge in [0.1, 0.15) is 11.4 Å². The first-order valence-corrected chi connectivity index (χ1v) is 5.40. The van der Waals surface area contributed by atoms with E-state index < -0.39 is 5.60 Å². The van der Waals surface area contributed by atoms with Crippen LogP contribution in [0.25, 0.3) is 0 Å². The molecule has 2 nitrogen and oxygen atoms in total. The maximum atomic E-state index is 9.75. The Morgan fingerprint density at radius 1 is 1.20 bits per heavy atom. The minimum Gasteiger partial charge on any atom is -0.488 e. The Morgan fingerprint density at radius 2 is 1.73 bits per heavy atom. The van der Waals surface area contributed by atoms with Crippen LogP contribution in [0, 0.1) is 0 Å². The number of rotatable bonds is 5. The average Bonchev–Trinajstić information content (AvgIpc) is 1.98. The van der Waals surface area contributed by atoms with Crippen LogP contribution in [-0.4, -0.2) is 16.3 Å². The van der Waals surface area contributed by atoms with Gasteiger partial charge in [-0.2, -0.15) is 0 Å². The summed E-state index contributed by atoms with van der Waals surface area (Å²) in [5, 5.41) is 9.75. The molecule has 0 aliphatic carbocycles. The predicted molar refractivity (Wildman–Crippen MR) is 64.6 cm³/mol. The molecule has 0 rings (SSSR count). The Morgan fingerprint density at radius 3 is 2.07 bits per heavy atom. The molecule has 0 radical (unpaired) electrons. The van der Waals surface area contributed by atoms with Crippen LogP contribution >= 0.6 is 0 Å². The third kappa shape index (κ3) is 7.20. The van der Waals surface area contributed by atoms with Gasteiger partial charge in [0.15, 0.2) is 0 Å². The summed E-state index contributed by atoms with van der Waals surface area (Å²) in [5.41, 5.74) is -1.07. The van der Waals surface area contributed by atoms with Crippen molar-refractivity contribution in [3.8, 4) is 0 Å². The number of hydrogen-bond donors (Lipinski definition) is 1. The maximum absolute atomic E-state index is 9.75. The lowest BCUT2D eigenvalue weighted by Crippen LogP contribution is -2.34. The summed E-state index contributed by atoms with van der Waals surface area (Å²) in [6, 6.07) is 0. The standard InChI is InChI=1S/C13H24O2/c1-7-9-11(8-2)15-13(5,6)10-12(3,4)14/h7-9,14H,10H2,1-6H3/b9-7-,11-8+. The second kappa shape index (κ2) is 5.36. The smallest absolute Gasteiger partial charge is 0.115 e. The van der Waals surface area contributed by atoms with E-state index in [1.165, 1.54) is 0 Å². The number of hydrogen-bond acceptors (Lipinski definition) is 2. The second-order valence-corrected chi connectivity index (χ2v) is 5.04. The quantitative estimate of drug-likeness (QED) is 0.559. The van der Waals surface area contributed by atoms with Crippen molar-refractivity contribution in [2.75, 3.05) is 0 Å². The van der Waals surface area contributed by atoms with Crippen LogP contribution in [0.1, 0.15) is 48.0 Å². The summed E-state index contributed by atoms with van der Waals surface area (Å²) in [4.78, 5) is 0. The van der Waals surface area contributed by atoms with Crippen molar-refractivity contribution in [3.05, 3.63) is 24.0 Å². The zero-order valence-electron chi connectivity index (χ0n) is 10.8. The molecule has 0 aromatic rings. The van der Waals surface area contributed by atoms with E-state index in [0.29, 0.717) is 6.42 Å². The summed E-state index contributed by atoms with van der Waals surface area (Å²) in [6.07, 6.45) is 6.38. The van der Waals surface area contributed by atoms with Gasteiger partial charge in [-0.1, -0.05) is 6.08 Å². The third-order valence-electron chi connectivity index (χ3n) is 1.87. The van der Waals surface area contributed by atoms with Gasteiger partial charge in [0.05, 0.1) is 5.60 Å². The molecule has 0 aromatic carbocycles. The lowest BCUT2D eigenvalue weighted by Gasteiger charge is -2.32. The van der Waals surface area contributed by atoms with E-state index in [2.05, 4.69) is 0 Å². The third-order valence-corrected chi connectivity index (χ3v) is 1.87. The molecule has 0 saturated heterocycles. The highest BCUT2D eigenvalue weighted by molar-refractivity contribution is 5.11. The molecule has 0 aliphatic rings. The van der Waals surface area contributed by atoms with Crippen molar-refractivity contribution in [2.24, 2.45) is 0 Å². The first-order valence-electron chi connectivity index (χ1n) is 5.40. The van der Waals surface area contributed by atoms with E-state index in [4.69, 9.17) is 4.74 Å². The van der Waals surface area contributed by atoms with Gasteiger partial charge in [-0.3, -0.25) is 0 Å². The van der Waals surface area contributed by atoms with Gasteiger partial charge in [0, 0.05) is 6.42 Å². The molecule has 0 atom stereocenters. The van der Waals surface area contributed by atoms with Crippen LogP contribution in [0.5, 0.6) is 0 Å². The molecule has 0 aliphatic heterocycles. The van der Waals surface area contributed by atoms with Crippen LogP contribution in [0.4, 0.5) is 0 Å². The van der Waals surface area contributed by atoms with Gasteiger partial charge in [0.25, 0.3) is 0 Å². The van der Waals surface area contributed by atoms with Gasteiger partial charge in [-0.25, -0.2) is 0 Å². The molecule has 0 unspecified atom stereocenters. The summed E-state index contributed by atoms with van der Waals surface area (Å²) in [5.74, 6) is 0.840. The summed E-state index contributed by atoms with van der Waals surface area (Å²) >= 11 is 0. The summed E-state index contributed by atoms with van der Waals surface area (Å²) in [7, 11) is 0. The predicted octanol–water partition coefficient (Wildman–Crippen LogP) is 3.42. The van der Waals surface area contributed by atoms with E-state index in [-0.39, 0.29) is 5.60 Å². The van der Waals surface area contributed by atoms with Crippen LogP contribution in [-0.2, 0) is 4.74 Å². The van der Waals surface area contributed by atoms with E-state index >= 15 is 0 Å². The zero-order valence-corrected chi connectivity index (χ0v) is 10.8. The minimum absolute atomic E-state index is 0.362. The molecule has 0 bridgehead atoms. The molecular formula is C13H24O2. The first-order chi connectivity index (χ1) is 6.70. The van der Waals surface area contributed by atoms with Gasteiger partial charge >= 0.3 is 0 Å². The molecule has 0 heterocycles. The minimum atomic E-state index is -0.710. The molecule has 0 fully saturated rings. The Balaban J connectivity index is 4.49. The molecule has 0 aromatic heterocycles.